The number of halogens is 1. The first-order valence-electron chi connectivity index (χ1n) is 7.05. The second kappa shape index (κ2) is 6.28. The van der Waals surface area contributed by atoms with E-state index >= 15 is 0 Å². The highest BCUT2D eigenvalue weighted by Gasteiger charge is 2.31. The zero-order valence-electron chi connectivity index (χ0n) is 13.4. The molecule has 0 aliphatic carbocycles. The van der Waals surface area contributed by atoms with Crippen LogP contribution in [0.5, 0.6) is 0 Å². The molecular formula is C17H26ClNO. The van der Waals surface area contributed by atoms with Gasteiger partial charge in [0.05, 0.1) is 6.04 Å². The number of ketones is 1. The number of nitrogens with one attached hydrogen (secondary N) is 1. The van der Waals surface area contributed by atoms with Gasteiger partial charge in [-0.25, -0.2) is 0 Å². The lowest BCUT2D eigenvalue weighted by atomic mass is 9.83. The van der Waals surface area contributed by atoms with Crippen molar-refractivity contribution in [2.24, 2.45) is 5.41 Å². The van der Waals surface area contributed by atoms with E-state index in [0.29, 0.717) is 11.4 Å². The maximum absolute atomic E-state index is 12.6. The summed E-state index contributed by atoms with van der Waals surface area (Å²) >= 11 is 6.03. The first-order valence-corrected chi connectivity index (χ1v) is 7.43. The maximum Gasteiger partial charge on any atom is 0.155 e. The summed E-state index contributed by atoms with van der Waals surface area (Å²) in [7, 11) is 0. The summed E-state index contributed by atoms with van der Waals surface area (Å²) in [5.74, 6) is 0.229. The summed E-state index contributed by atoms with van der Waals surface area (Å²) < 4.78 is 0. The van der Waals surface area contributed by atoms with Crippen LogP contribution in [0.2, 0.25) is 5.02 Å². The van der Waals surface area contributed by atoms with Crippen LogP contribution in [0.25, 0.3) is 0 Å². The van der Waals surface area contributed by atoms with E-state index in [1.165, 1.54) is 0 Å². The minimum Gasteiger partial charge on any atom is -0.302 e. The Morgan fingerprint density at radius 2 is 1.80 bits per heavy atom. The van der Waals surface area contributed by atoms with Crippen LogP contribution < -0.4 is 5.32 Å². The number of benzene rings is 1. The van der Waals surface area contributed by atoms with Crippen molar-refractivity contribution in [1.82, 2.24) is 5.32 Å². The van der Waals surface area contributed by atoms with E-state index < -0.39 is 0 Å². The number of carbonyl (C=O) groups is 1. The van der Waals surface area contributed by atoms with E-state index in [0.717, 1.165) is 5.56 Å². The topological polar surface area (TPSA) is 29.1 Å². The van der Waals surface area contributed by atoms with E-state index in [1.807, 2.05) is 45.0 Å². The minimum absolute atomic E-state index is 0.107. The normalized spacial score (nSPS) is 14.2. The van der Waals surface area contributed by atoms with Crippen molar-refractivity contribution in [3.8, 4) is 0 Å². The molecule has 2 nitrogen and oxygen atoms in total. The van der Waals surface area contributed by atoms with E-state index in [2.05, 4.69) is 26.1 Å². The molecule has 112 valence electrons. The summed E-state index contributed by atoms with van der Waals surface area (Å²) in [5.41, 5.74) is 0.614. The lowest BCUT2D eigenvalue weighted by Crippen LogP contribution is -2.51. The summed E-state index contributed by atoms with van der Waals surface area (Å²) in [6, 6.07) is 7.51. The summed E-state index contributed by atoms with van der Waals surface area (Å²) in [6.07, 6.45) is 0.661. The summed E-state index contributed by atoms with van der Waals surface area (Å²) in [6.45, 7) is 12.1. The fourth-order valence-electron chi connectivity index (χ4n) is 2.15. The molecule has 0 radical (unpaired) electrons. The molecule has 1 aromatic rings. The maximum atomic E-state index is 12.6. The molecule has 0 saturated carbocycles. The lowest BCUT2D eigenvalue weighted by molar-refractivity contribution is -0.128. The Morgan fingerprint density at radius 1 is 1.20 bits per heavy atom. The number of rotatable bonds is 4. The molecule has 0 saturated heterocycles. The van der Waals surface area contributed by atoms with Crippen molar-refractivity contribution >= 4 is 17.4 Å². The van der Waals surface area contributed by atoms with Gasteiger partial charge in [-0.2, -0.15) is 0 Å². The molecule has 20 heavy (non-hydrogen) atoms. The van der Waals surface area contributed by atoms with E-state index in [9.17, 15) is 4.79 Å². The molecule has 0 aromatic heterocycles. The molecule has 0 heterocycles. The molecule has 0 amide bonds. The van der Waals surface area contributed by atoms with Gasteiger partial charge < -0.3 is 5.32 Å². The molecular weight excluding hydrogens is 270 g/mol. The fourth-order valence-corrected chi connectivity index (χ4v) is 2.37. The Hall–Kier alpha value is -0.860. The van der Waals surface area contributed by atoms with Crippen LogP contribution in [-0.2, 0) is 11.2 Å². The summed E-state index contributed by atoms with van der Waals surface area (Å²) in [4.78, 5) is 12.6. The first kappa shape index (κ1) is 17.2. The van der Waals surface area contributed by atoms with Crippen molar-refractivity contribution in [2.45, 2.75) is 59.5 Å². The van der Waals surface area contributed by atoms with Crippen LogP contribution in [0.15, 0.2) is 24.3 Å². The van der Waals surface area contributed by atoms with E-state index in [-0.39, 0.29) is 22.8 Å². The van der Waals surface area contributed by atoms with Gasteiger partial charge in [-0.05, 0) is 44.9 Å². The molecule has 0 aliphatic rings. The Morgan fingerprint density at radius 3 is 2.25 bits per heavy atom. The standard InChI is InChI=1S/C17H26ClNO/c1-16(2,3)15(20)14(19-17(4,5)6)11-12-8-7-9-13(18)10-12/h7-10,14,19H,11H2,1-6H3/t14-/m0/s1. The second-order valence-corrected chi connectivity index (χ2v) is 7.83. The van der Waals surface area contributed by atoms with Gasteiger partial charge in [0, 0.05) is 16.0 Å². The Balaban J connectivity index is 2.97. The Labute approximate surface area is 127 Å². The van der Waals surface area contributed by atoms with Crippen molar-refractivity contribution in [3.05, 3.63) is 34.9 Å². The molecule has 1 N–H and O–H groups in total. The predicted molar refractivity (Wildman–Crippen MR) is 86.3 cm³/mol. The van der Waals surface area contributed by atoms with Crippen LogP contribution in [0.1, 0.15) is 47.1 Å². The minimum atomic E-state index is -0.360. The smallest absolute Gasteiger partial charge is 0.155 e. The molecule has 1 rings (SSSR count). The largest absolute Gasteiger partial charge is 0.302 e. The second-order valence-electron chi connectivity index (χ2n) is 7.40. The van der Waals surface area contributed by atoms with Gasteiger partial charge in [0.2, 0.25) is 0 Å². The SMILES string of the molecule is CC(C)(C)N[C@@H](Cc1cccc(Cl)c1)C(=O)C(C)(C)C. The van der Waals surface area contributed by atoms with Gasteiger partial charge >= 0.3 is 0 Å². The number of hydrogen-bond acceptors (Lipinski definition) is 2. The van der Waals surface area contributed by atoms with Crippen molar-refractivity contribution in [2.75, 3.05) is 0 Å². The third-order valence-electron chi connectivity index (χ3n) is 2.99. The van der Waals surface area contributed by atoms with Crippen molar-refractivity contribution in [3.63, 3.8) is 0 Å². The third-order valence-corrected chi connectivity index (χ3v) is 3.23. The molecule has 0 fully saturated rings. The average Bonchev–Trinajstić information content (AvgIpc) is 2.24. The van der Waals surface area contributed by atoms with Crippen LogP contribution in [0, 0.1) is 5.41 Å². The van der Waals surface area contributed by atoms with Gasteiger partial charge in [-0.1, -0.05) is 44.5 Å². The zero-order valence-corrected chi connectivity index (χ0v) is 14.1. The van der Waals surface area contributed by atoms with E-state index in [4.69, 9.17) is 11.6 Å². The van der Waals surface area contributed by atoms with Crippen molar-refractivity contribution < 1.29 is 4.79 Å². The van der Waals surface area contributed by atoms with Gasteiger partial charge in [-0.3, -0.25) is 4.79 Å². The highest BCUT2D eigenvalue weighted by atomic mass is 35.5. The molecule has 3 heteroatoms. The first-order chi connectivity index (χ1) is 8.99. The van der Waals surface area contributed by atoms with Gasteiger partial charge in [-0.15, -0.1) is 0 Å². The number of Topliss-reactive ketones (excluding diaryl/α,β-unsaturated/α-hetero) is 1. The van der Waals surface area contributed by atoms with Crippen LogP contribution in [0.4, 0.5) is 0 Å². The predicted octanol–water partition coefficient (Wildman–Crippen LogP) is 4.25. The van der Waals surface area contributed by atoms with Gasteiger partial charge in [0.15, 0.2) is 5.78 Å². The van der Waals surface area contributed by atoms with Gasteiger partial charge in [0.25, 0.3) is 0 Å². The quantitative estimate of drug-likeness (QED) is 0.899. The number of carbonyl (C=O) groups excluding carboxylic acids is 1. The van der Waals surface area contributed by atoms with Crippen LogP contribution in [-0.4, -0.2) is 17.4 Å². The zero-order chi connectivity index (χ0) is 15.6. The molecule has 0 bridgehead atoms. The highest BCUT2D eigenvalue weighted by Crippen LogP contribution is 2.21. The summed E-state index contributed by atoms with van der Waals surface area (Å²) in [5, 5.41) is 4.15. The molecule has 0 spiro atoms. The molecule has 0 aliphatic heterocycles. The molecule has 1 aromatic carbocycles. The van der Waals surface area contributed by atoms with Gasteiger partial charge in [0.1, 0.15) is 0 Å². The van der Waals surface area contributed by atoms with Crippen molar-refractivity contribution in [1.29, 1.82) is 0 Å². The number of hydrogen-bond donors (Lipinski definition) is 1. The third kappa shape index (κ3) is 5.64. The molecule has 0 unspecified atom stereocenters. The van der Waals surface area contributed by atoms with Crippen LogP contribution >= 0.6 is 11.6 Å². The lowest BCUT2D eigenvalue weighted by Gasteiger charge is -2.32. The Bertz CT molecular complexity index is 469. The molecule has 1 atom stereocenters. The average molecular weight is 296 g/mol. The van der Waals surface area contributed by atoms with E-state index in [1.54, 1.807) is 0 Å². The Kier molecular flexibility index (Phi) is 5.39. The monoisotopic (exact) mass is 295 g/mol. The highest BCUT2D eigenvalue weighted by molar-refractivity contribution is 6.30. The van der Waals surface area contributed by atoms with Crippen LogP contribution in [0.3, 0.4) is 0 Å². The fraction of sp³-hybridized carbons (Fsp3) is 0.588.